The molecule has 1 aromatic carbocycles. The molecule has 0 saturated carbocycles. The predicted molar refractivity (Wildman–Crippen MR) is 97.0 cm³/mol. The Morgan fingerprint density at radius 2 is 2.04 bits per heavy atom. The van der Waals surface area contributed by atoms with E-state index in [1.807, 2.05) is 0 Å². The first-order valence-corrected chi connectivity index (χ1v) is 9.01. The van der Waals surface area contributed by atoms with Crippen LogP contribution in [0.3, 0.4) is 0 Å². The molecular weight excluding hydrogens is 380 g/mol. The highest BCUT2D eigenvalue weighted by Crippen LogP contribution is 2.46. The molecule has 0 unspecified atom stereocenters. The van der Waals surface area contributed by atoms with E-state index < -0.39 is 23.7 Å². The molecule has 4 nitrogen and oxygen atoms in total. The van der Waals surface area contributed by atoms with Crippen LogP contribution in [0.2, 0.25) is 10.0 Å². The van der Waals surface area contributed by atoms with Crippen LogP contribution in [0.25, 0.3) is 0 Å². The van der Waals surface area contributed by atoms with Crippen molar-refractivity contribution in [3.05, 3.63) is 63.4 Å². The standard InChI is InChI=1S/C19H18Cl2FNO3/c20-13-5-3-12(15(21)10-13)4-6-16(25)19(22)8-7-18(26,11-24)17-14(19)2-1-9-23-17/h1-3,5,9-10,24,26H,4,6-8,11H2/t18-,19-/m1/s1. The summed E-state index contributed by atoms with van der Waals surface area (Å²) in [6.45, 7) is -0.582. The topological polar surface area (TPSA) is 70.4 Å². The number of halogens is 3. The Balaban J connectivity index is 1.85. The van der Waals surface area contributed by atoms with Gasteiger partial charge in [0.1, 0.15) is 5.60 Å². The molecule has 1 aliphatic carbocycles. The highest BCUT2D eigenvalue weighted by Gasteiger charge is 2.51. The third-order valence-corrected chi connectivity index (χ3v) is 5.49. The summed E-state index contributed by atoms with van der Waals surface area (Å²) in [7, 11) is 0. The Bertz CT molecular complexity index is 847. The molecule has 0 amide bonds. The van der Waals surface area contributed by atoms with Crippen LogP contribution in [0.1, 0.15) is 36.1 Å². The number of hydrogen-bond acceptors (Lipinski definition) is 4. The summed E-state index contributed by atoms with van der Waals surface area (Å²) in [5, 5.41) is 20.9. The third-order valence-electron chi connectivity index (χ3n) is 4.90. The van der Waals surface area contributed by atoms with Crippen LogP contribution in [0.5, 0.6) is 0 Å². The molecular formula is C19H18Cl2FNO3. The van der Waals surface area contributed by atoms with E-state index in [0.717, 1.165) is 0 Å². The number of aryl methyl sites for hydroxylation is 1. The third kappa shape index (κ3) is 3.37. The van der Waals surface area contributed by atoms with Gasteiger partial charge in [-0.15, -0.1) is 0 Å². The van der Waals surface area contributed by atoms with Crippen molar-refractivity contribution in [2.24, 2.45) is 0 Å². The van der Waals surface area contributed by atoms with E-state index in [1.165, 1.54) is 18.3 Å². The van der Waals surface area contributed by atoms with E-state index in [-0.39, 0.29) is 36.9 Å². The zero-order valence-electron chi connectivity index (χ0n) is 13.9. The van der Waals surface area contributed by atoms with Gasteiger partial charge < -0.3 is 10.2 Å². The van der Waals surface area contributed by atoms with Gasteiger partial charge in [-0.1, -0.05) is 35.3 Å². The van der Waals surface area contributed by atoms with E-state index in [9.17, 15) is 15.0 Å². The molecule has 2 atom stereocenters. The summed E-state index contributed by atoms with van der Waals surface area (Å²) >= 11 is 12.0. The van der Waals surface area contributed by atoms with Gasteiger partial charge in [0, 0.05) is 28.2 Å². The van der Waals surface area contributed by atoms with Gasteiger partial charge in [0.05, 0.1) is 12.3 Å². The van der Waals surface area contributed by atoms with Crippen molar-refractivity contribution >= 4 is 29.0 Å². The highest BCUT2D eigenvalue weighted by molar-refractivity contribution is 6.35. The van der Waals surface area contributed by atoms with Gasteiger partial charge in [0.15, 0.2) is 11.5 Å². The maximum atomic E-state index is 15.7. The van der Waals surface area contributed by atoms with Gasteiger partial charge >= 0.3 is 0 Å². The number of Topliss-reactive ketones (excluding diaryl/α,β-unsaturated/α-hetero) is 1. The number of alkyl halides is 1. The SMILES string of the molecule is O=C(CCc1ccc(Cl)cc1Cl)[C@@]1(F)CC[C@@](O)(CO)c2ncccc21. The molecule has 0 aliphatic heterocycles. The van der Waals surface area contributed by atoms with E-state index in [1.54, 1.807) is 18.2 Å². The molecule has 1 aromatic heterocycles. The molecule has 0 radical (unpaired) electrons. The van der Waals surface area contributed by atoms with Gasteiger partial charge in [0.25, 0.3) is 0 Å². The zero-order chi connectivity index (χ0) is 18.9. The fourth-order valence-corrected chi connectivity index (χ4v) is 3.85. The monoisotopic (exact) mass is 397 g/mol. The minimum atomic E-state index is -2.25. The molecule has 138 valence electrons. The highest BCUT2D eigenvalue weighted by atomic mass is 35.5. The number of hydrogen-bond donors (Lipinski definition) is 2. The Labute approximate surface area is 160 Å². The Morgan fingerprint density at radius 1 is 1.27 bits per heavy atom. The quantitative estimate of drug-likeness (QED) is 0.806. The largest absolute Gasteiger partial charge is 0.393 e. The average Bonchev–Trinajstić information content (AvgIpc) is 2.64. The minimum absolute atomic E-state index is 0.0223. The van der Waals surface area contributed by atoms with Gasteiger partial charge in [-0.25, -0.2) is 4.39 Å². The van der Waals surface area contributed by atoms with Crippen LogP contribution in [0.4, 0.5) is 4.39 Å². The second-order valence-corrected chi connectivity index (χ2v) is 7.39. The van der Waals surface area contributed by atoms with Crippen molar-refractivity contribution in [1.82, 2.24) is 4.98 Å². The number of fused-ring (bicyclic) bond motifs is 1. The first-order valence-electron chi connectivity index (χ1n) is 8.25. The van der Waals surface area contributed by atoms with Crippen LogP contribution in [-0.2, 0) is 22.5 Å². The van der Waals surface area contributed by atoms with Gasteiger partial charge in [0.2, 0.25) is 0 Å². The summed E-state index contributed by atoms with van der Waals surface area (Å²) in [5.41, 5.74) is -3.12. The minimum Gasteiger partial charge on any atom is -0.393 e. The number of rotatable bonds is 5. The molecule has 0 spiro atoms. The number of aliphatic hydroxyl groups excluding tert-OH is 1. The molecule has 2 N–H and O–H groups in total. The van der Waals surface area contributed by atoms with E-state index in [0.29, 0.717) is 15.6 Å². The summed E-state index contributed by atoms with van der Waals surface area (Å²) in [6, 6.07) is 7.91. The molecule has 2 aromatic rings. The predicted octanol–water partition coefficient (Wildman–Crippen LogP) is 3.73. The molecule has 7 heteroatoms. The average molecular weight is 398 g/mol. The van der Waals surface area contributed by atoms with Gasteiger partial charge in [-0.3, -0.25) is 9.78 Å². The number of nitrogens with zero attached hydrogens (tertiary/aromatic N) is 1. The number of ketones is 1. The molecule has 26 heavy (non-hydrogen) atoms. The second kappa shape index (κ2) is 7.24. The van der Waals surface area contributed by atoms with Crippen LogP contribution in [0, 0.1) is 0 Å². The van der Waals surface area contributed by atoms with Gasteiger partial charge in [-0.05, 0) is 43.0 Å². The van der Waals surface area contributed by atoms with Crippen LogP contribution in [-0.4, -0.2) is 27.6 Å². The lowest BCUT2D eigenvalue weighted by Gasteiger charge is -2.38. The Hall–Kier alpha value is -1.53. The first kappa shape index (κ1) is 19.2. The lowest BCUT2D eigenvalue weighted by molar-refractivity contribution is -0.135. The molecule has 1 aliphatic rings. The fraction of sp³-hybridized carbons (Fsp3) is 0.368. The van der Waals surface area contributed by atoms with Crippen molar-refractivity contribution in [1.29, 1.82) is 0 Å². The number of pyridine rings is 1. The number of benzene rings is 1. The number of aromatic nitrogens is 1. The number of carbonyl (C=O) groups excluding carboxylic acids is 1. The van der Waals surface area contributed by atoms with E-state index in [2.05, 4.69) is 4.98 Å². The zero-order valence-corrected chi connectivity index (χ0v) is 15.4. The van der Waals surface area contributed by atoms with Crippen LogP contribution in [0.15, 0.2) is 36.5 Å². The Kier molecular flexibility index (Phi) is 5.35. The maximum Gasteiger partial charge on any atom is 0.195 e. The normalized spacial score (nSPS) is 25.0. The van der Waals surface area contributed by atoms with E-state index in [4.69, 9.17) is 23.2 Å². The van der Waals surface area contributed by atoms with Crippen molar-refractivity contribution in [3.63, 3.8) is 0 Å². The summed E-state index contributed by atoms with van der Waals surface area (Å²) in [5.74, 6) is -0.599. The molecule has 0 saturated heterocycles. The maximum absolute atomic E-state index is 15.7. The van der Waals surface area contributed by atoms with Gasteiger partial charge in [-0.2, -0.15) is 0 Å². The summed E-state index contributed by atoms with van der Waals surface area (Å²) in [6.07, 6.45) is 1.33. The van der Waals surface area contributed by atoms with Crippen molar-refractivity contribution in [2.75, 3.05) is 6.61 Å². The van der Waals surface area contributed by atoms with Crippen molar-refractivity contribution in [2.45, 2.75) is 37.0 Å². The molecule has 3 rings (SSSR count). The summed E-state index contributed by atoms with van der Waals surface area (Å²) in [4.78, 5) is 16.7. The smallest absolute Gasteiger partial charge is 0.195 e. The number of aliphatic hydroxyl groups is 2. The van der Waals surface area contributed by atoms with Crippen molar-refractivity contribution < 1.29 is 19.4 Å². The fourth-order valence-electron chi connectivity index (χ4n) is 3.34. The second-order valence-electron chi connectivity index (χ2n) is 6.55. The molecule has 0 fully saturated rings. The number of carbonyl (C=O) groups is 1. The van der Waals surface area contributed by atoms with Crippen LogP contribution < -0.4 is 0 Å². The van der Waals surface area contributed by atoms with E-state index >= 15 is 4.39 Å². The lowest BCUT2D eigenvalue weighted by atomic mass is 9.72. The van der Waals surface area contributed by atoms with Crippen molar-refractivity contribution in [3.8, 4) is 0 Å². The molecule has 1 heterocycles. The lowest BCUT2D eigenvalue weighted by Crippen LogP contribution is -2.45. The van der Waals surface area contributed by atoms with Crippen LogP contribution >= 0.6 is 23.2 Å². The first-order chi connectivity index (χ1) is 12.3. The molecule has 0 bridgehead atoms. The Morgan fingerprint density at radius 3 is 2.73 bits per heavy atom. The summed E-state index contributed by atoms with van der Waals surface area (Å²) < 4.78 is 15.7.